The summed E-state index contributed by atoms with van der Waals surface area (Å²) in [6.45, 7) is 1.35. The SMILES string of the molecule is O=[N+]([O-])c1cc(CNCc2ccc(Cl)s2)cs1. The summed E-state index contributed by atoms with van der Waals surface area (Å²) in [5, 5.41) is 15.7. The first-order valence-electron chi connectivity index (χ1n) is 4.82. The van der Waals surface area contributed by atoms with Gasteiger partial charge in [-0.15, -0.1) is 11.3 Å². The lowest BCUT2D eigenvalue weighted by molar-refractivity contribution is -0.380. The molecule has 0 radical (unpaired) electrons. The summed E-state index contributed by atoms with van der Waals surface area (Å²) < 4.78 is 0.771. The van der Waals surface area contributed by atoms with Gasteiger partial charge in [-0.25, -0.2) is 0 Å². The first-order valence-corrected chi connectivity index (χ1v) is 6.89. The van der Waals surface area contributed by atoms with E-state index in [-0.39, 0.29) is 9.92 Å². The molecular weight excluding hydrogens is 280 g/mol. The van der Waals surface area contributed by atoms with Crippen molar-refractivity contribution in [3.63, 3.8) is 0 Å². The van der Waals surface area contributed by atoms with Gasteiger partial charge >= 0.3 is 5.00 Å². The molecule has 2 aromatic rings. The molecule has 0 amide bonds. The molecule has 0 aliphatic rings. The highest BCUT2D eigenvalue weighted by Gasteiger charge is 2.09. The molecule has 0 saturated carbocycles. The minimum atomic E-state index is -0.368. The Kier molecular flexibility index (Phi) is 4.11. The third-order valence-corrected chi connectivity index (χ3v) is 4.24. The van der Waals surface area contributed by atoms with Crippen molar-refractivity contribution >= 4 is 39.3 Å². The zero-order chi connectivity index (χ0) is 12.3. The lowest BCUT2D eigenvalue weighted by Gasteiger charge is -1.99. The molecule has 7 heteroatoms. The van der Waals surface area contributed by atoms with Gasteiger partial charge in [0.1, 0.15) is 0 Å². The van der Waals surface area contributed by atoms with E-state index in [2.05, 4.69) is 5.32 Å². The van der Waals surface area contributed by atoms with Crippen LogP contribution in [0.25, 0.3) is 0 Å². The van der Waals surface area contributed by atoms with Crippen molar-refractivity contribution in [1.29, 1.82) is 0 Å². The fourth-order valence-corrected chi connectivity index (χ4v) is 3.11. The summed E-state index contributed by atoms with van der Waals surface area (Å²) in [7, 11) is 0. The van der Waals surface area contributed by atoms with Crippen molar-refractivity contribution in [2.24, 2.45) is 0 Å². The Bertz CT molecular complexity index is 524. The second-order valence-electron chi connectivity index (χ2n) is 3.36. The van der Waals surface area contributed by atoms with Gasteiger partial charge < -0.3 is 5.32 Å². The van der Waals surface area contributed by atoms with E-state index in [0.717, 1.165) is 32.7 Å². The monoisotopic (exact) mass is 288 g/mol. The van der Waals surface area contributed by atoms with E-state index in [4.69, 9.17) is 11.6 Å². The molecule has 0 saturated heterocycles. The van der Waals surface area contributed by atoms with Crippen LogP contribution in [0.4, 0.5) is 5.00 Å². The Hall–Kier alpha value is -0.950. The van der Waals surface area contributed by atoms with Crippen LogP contribution in [0.3, 0.4) is 0 Å². The van der Waals surface area contributed by atoms with Crippen LogP contribution in [-0.2, 0) is 13.1 Å². The third-order valence-electron chi connectivity index (χ3n) is 2.08. The molecule has 0 bridgehead atoms. The predicted molar refractivity (Wildman–Crippen MR) is 70.8 cm³/mol. The maximum absolute atomic E-state index is 10.5. The number of nitro groups is 1. The van der Waals surface area contributed by atoms with E-state index in [1.165, 1.54) is 11.3 Å². The Morgan fingerprint density at radius 1 is 1.41 bits per heavy atom. The Balaban J connectivity index is 1.83. The summed E-state index contributed by atoms with van der Waals surface area (Å²) in [5.74, 6) is 0. The molecule has 0 unspecified atom stereocenters. The summed E-state index contributed by atoms with van der Waals surface area (Å²) in [6, 6.07) is 5.42. The molecule has 2 heterocycles. The summed E-state index contributed by atoms with van der Waals surface area (Å²) in [5.41, 5.74) is 0.935. The minimum absolute atomic E-state index is 0.181. The summed E-state index contributed by atoms with van der Waals surface area (Å²) in [6.07, 6.45) is 0. The third kappa shape index (κ3) is 3.50. The molecule has 0 aliphatic heterocycles. The van der Waals surface area contributed by atoms with Crippen molar-refractivity contribution in [2.75, 3.05) is 0 Å². The molecular formula is C10H9ClN2O2S2. The van der Waals surface area contributed by atoms with E-state index in [1.807, 2.05) is 12.1 Å². The van der Waals surface area contributed by atoms with E-state index < -0.39 is 0 Å². The van der Waals surface area contributed by atoms with Gasteiger partial charge in [0.25, 0.3) is 0 Å². The smallest absolute Gasteiger partial charge is 0.308 e. The van der Waals surface area contributed by atoms with E-state index in [0.29, 0.717) is 6.54 Å². The van der Waals surface area contributed by atoms with Crippen LogP contribution < -0.4 is 5.32 Å². The van der Waals surface area contributed by atoms with Crippen molar-refractivity contribution in [3.05, 3.63) is 48.5 Å². The van der Waals surface area contributed by atoms with Crippen molar-refractivity contribution in [2.45, 2.75) is 13.1 Å². The van der Waals surface area contributed by atoms with E-state index >= 15 is 0 Å². The number of hydrogen-bond acceptors (Lipinski definition) is 5. The lowest BCUT2D eigenvalue weighted by atomic mass is 10.3. The number of thiophene rings is 2. The molecule has 0 aliphatic carbocycles. The molecule has 4 nitrogen and oxygen atoms in total. The highest BCUT2D eigenvalue weighted by molar-refractivity contribution is 7.16. The molecule has 1 N–H and O–H groups in total. The van der Waals surface area contributed by atoms with Crippen LogP contribution in [-0.4, -0.2) is 4.92 Å². The average Bonchev–Trinajstić information content (AvgIpc) is 2.88. The standard InChI is InChI=1S/C10H9ClN2O2S2/c11-9-2-1-8(17-9)5-12-4-7-3-10(13(14)15)16-6-7/h1-3,6,12H,4-5H2. The van der Waals surface area contributed by atoms with E-state index in [1.54, 1.807) is 11.4 Å². The van der Waals surface area contributed by atoms with Gasteiger partial charge in [0, 0.05) is 29.4 Å². The van der Waals surface area contributed by atoms with Gasteiger partial charge in [-0.1, -0.05) is 22.9 Å². The molecule has 0 fully saturated rings. The number of nitrogens with zero attached hydrogens (tertiary/aromatic N) is 1. The predicted octanol–water partition coefficient (Wildman–Crippen LogP) is 3.66. The molecule has 0 spiro atoms. The second kappa shape index (κ2) is 5.59. The quantitative estimate of drug-likeness (QED) is 0.675. The molecule has 90 valence electrons. The summed E-state index contributed by atoms with van der Waals surface area (Å²) >= 11 is 8.49. The molecule has 17 heavy (non-hydrogen) atoms. The normalized spacial score (nSPS) is 10.6. The molecule has 0 atom stereocenters. The highest BCUT2D eigenvalue weighted by Crippen LogP contribution is 2.23. The number of rotatable bonds is 5. The molecule has 0 aromatic carbocycles. The second-order valence-corrected chi connectivity index (χ2v) is 6.05. The van der Waals surface area contributed by atoms with Gasteiger partial charge in [-0.05, 0) is 17.7 Å². The fraction of sp³-hybridized carbons (Fsp3) is 0.200. The van der Waals surface area contributed by atoms with Crippen molar-refractivity contribution in [3.8, 4) is 0 Å². The maximum Gasteiger partial charge on any atom is 0.324 e. The van der Waals surface area contributed by atoms with Gasteiger partial charge in [-0.2, -0.15) is 0 Å². The average molecular weight is 289 g/mol. The van der Waals surface area contributed by atoms with Gasteiger partial charge in [0.15, 0.2) is 0 Å². The Morgan fingerprint density at radius 2 is 2.24 bits per heavy atom. The number of hydrogen-bond donors (Lipinski definition) is 1. The van der Waals surface area contributed by atoms with Crippen LogP contribution in [0.5, 0.6) is 0 Å². The summed E-state index contributed by atoms with van der Waals surface area (Å²) in [4.78, 5) is 11.3. The van der Waals surface area contributed by atoms with Crippen molar-refractivity contribution < 1.29 is 4.92 Å². The van der Waals surface area contributed by atoms with Crippen LogP contribution in [0.1, 0.15) is 10.4 Å². The molecule has 2 aromatic heterocycles. The van der Waals surface area contributed by atoms with Gasteiger partial charge in [0.05, 0.1) is 9.26 Å². The van der Waals surface area contributed by atoms with Gasteiger partial charge in [0.2, 0.25) is 0 Å². The first-order chi connectivity index (χ1) is 8.15. The van der Waals surface area contributed by atoms with Crippen LogP contribution in [0, 0.1) is 10.1 Å². The number of nitrogens with one attached hydrogen (secondary N) is 1. The zero-order valence-electron chi connectivity index (χ0n) is 8.68. The topological polar surface area (TPSA) is 55.2 Å². The van der Waals surface area contributed by atoms with Crippen LogP contribution in [0.15, 0.2) is 23.6 Å². The van der Waals surface area contributed by atoms with Crippen LogP contribution in [0.2, 0.25) is 4.34 Å². The first kappa shape index (κ1) is 12.5. The Labute approximate surface area is 111 Å². The maximum atomic E-state index is 10.5. The minimum Gasteiger partial charge on any atom is -0.308 e. The highest BCUT2D eigenvalue weighted by atomic mass is 35.5. The largest absolute Gasteiger partial charge is 0.324 e. The Morgan fingerprint density at radius 3 is 2.82 bits per heavy atom. The fourth-order valence-electron chi connectivity index (χ4n) is 1.33. The lowest BCUT2D eigenvalue weighted by Crippen LogP contribution is -2.10. The van der Waals surface area contributed by atoms with Crippen LogP contribution >= 0.6 is 34.3 Å². The van der Waals surface area contributed by atoms with E-state index in [9.17, 15) is 10.1 Å². The number of halogens is 1. The van der Waals surface area contributed by atoms with Crippen molar-refractivity contribution in [1.82, 2.24) is 5.32 Å². The molecule has 2 rings (SSSR count). The zero-order valence-corrected chi connectivity index (χ0v) is 11.1. The van der Waals surface area contributed by atoms with Gasteiger partial charge in [-0.3, -0.25) is 10.1 Å².